The molecule has 2 aliphatic rings. The van der Waals surface area contributed by atoms with E-state index >= 15 is 0 Å². The van der Waals surface area contributed by atoms with Crippen molar-refractivity contribution in [2.45, 2.75) is 25.9 Å². The molecule has 1 saturated heterocycles. The molecule has 108 valence electrons. The number of amides is 1. The van der Waals surface area contributed by atoms with Crippen molar-refractivity contribution < 1.29 is 4.79 Å². The van der Waals surface area contributed by atoms with Crippen LogP contribution in [0.1, 0.15) is 18.1 Å². The van der Waals surface area contributed by atoms with Crippen molar-refractivity contribution >= 4 is 5.91 Å². The summed E-state index contributed by atoms with van der Waals surface area (Å²) in [5.74, 6) is 0.782. The smallest absolute Gasteiger partial charge is 0.237 e. The van der Waals surface area contributed by atoms with E-state index in [-0.39, 0.29) is 11.9 Å². The minimum Gasteiger partial charge on any atom is -0.354 e. The number of nitrogens with zero attached hydrogens (tertiary/aromatic N) is 1. The molecular formula is C16H23N3O. The highest BCUT2D eigenvalue weighted by Gasteiger charge is 2.26. The molecule has 1 aromatic carbocycles. The van der Waals surface area contributed by atoms with Gasteiger partial charge in [0.25, 0.3) is 0 Å². The monoisotopic (exact) mass is 273 g/mol. The van der Waals surface area contributed by atoms with Gasteiger partial charge in [0.05, 0.1) is 6.04 Å². The van der Waals surface area contributed by atoms with Crippen LogP contribution in [0.5, 0.6) is 0 Å². The standard InChI is InChI=1S/C16H23N3O/c1-12(16(20)18-10-13-8-17-9-13)19-7-6-14-4-2-3-5-15(14)11-19/h2-5,12-13,17H,6-11H2,1H3,(H,18,20). The lowest BCUT2D eigenvalue weighted by Gasteiger charge is -2.34. The summed E-state index contributed by atoms with van der Waals surface area (Å²) in [4.78, 5) is 14.5. The Hall–Kier alpha value is -1.39. The predicted octanol–water partition coefficient (Wildman–Crippen LogP) is 0.769. The highest BCUT2D eigenvalue weighted by Crippen LogP contribution is 2.20. The van der Waals surface area contributed by atoms with Crippen molar-refractivity contribution in [1.82, 2.24) is 15.5 Å². The van der Waals surface area contributed by atoms with Crippen LogP contribution in [0.4, 0.5) is 0 Å². The van der Waals surface area contributed by atoms with Gasteiger partial charge in [-0.05, 0) is 24.5 Å². The van der Waals surface area contributed by atoms with Gasteiger partial charge < -0.3 is 10.6 Å². The Labute approximate surface area is 120 Å². The van der Waals surface area contributed by atoms with Crippen LogP contribution in [0.25, 0.3) is 0 Å². The summed E-state index contributed by atoms with van der Waals surface area (Å²) in [6, 6.07) is 8.50. The quantitative estimate of drug-likeness (QED) is 0.851. The molecule has 0 saturated carbocycles. The van der Waals surface area contributed by atoms with E-state index in [2.05, 4.69) is 39.8 Å². The van der Waals surface area contributed by atoms with Crippen molar-refractivity contribution in [3.05, 3.63) is 35.4 Å². The minimum absolute atomic E-state index is 0.0450. The summed E-state index contributed by atoms with van der Waals surface area (Å²) in [6.45, 7) is 6.74. The summed E-state index contributed by atoms with van der Waals surface area (Å²) >= 11 is 0. The van der Waals surface area contributed by atoms with E-state index in [1.54, 1.807) is 0 Å². The molecule has 2 N–H and O–H groups in total. The lowest BCUT2D eigenvalue weighted by atomic mass is 9.98. The van der Waals surface area contributed by atoms with Gasteiger partial charge in [-0.3, -0.25) is 9.69 Å². The van der Waals surface area contributed by atoms with Gasteiger partial charge in [0.15, 0.2) is 0 Å². The van der Waals surface area contributed by atoms with Gasteiger partial charge in [0.1, 0.15) is 0 Å². The zero-order chi connectivity index (χ0) is 13.9. The van der Waals surface area contributed by atoms with E-state index in [0.717, 1.165) is 39.1 Å². The number of hydrogen-bond donors (Lipinski definition) is 2. The highest BCUT2D eigenvalue weighted by molar-refractivity contribution is 5.81. The highest BCUT2D eigenvalue weighted by atomic mass is 16.2. The topological polar surface area (TPSA) is 44.4 Å². The molecule has 0 aliphatic carbocycles. The van der Waals surface area contributed by atoms with Crippen molar-refractivity contribution in [1.29, 1.82) is 0 Å². The molecule has 20 heavy (non-hydrogen) atoms. The van der Waals surface area contributed by atoms with Crippen LogP contribution in [0.3, 0.4) is 0 Å². The average Bonchev–Trinajstić information content (AvgIpc) is 2.44. The van der Waals surface area contributed by atoms with E-state index in [0.29, 0.717) is 5.92 Å². The van der Waals surface area contributed by atoms with E-state index in [4.69, 9.17) is 0 Å². The van der Waals surface area contributed by atoms with Gasteiger partial charge in [-0.2, -0.15) is 0 Å². The fourth-order valence-corrected chi connectivity index (χ4v) is 2.90. The molecule has 0 bridgehead atoms. The SMILES string of the molecule is CC(C(=O)NCC1CNC1)N1CCc2ccccc2C1. The molecule has 2 aliphatic heterocycles. The molecule has 4 heteroatoms. The number of nitrogens with one attached hydrogen (secondary N) is 2. The van der Waals surface area contributed by atoms with Crippen LogP contribution in [0.2, 0.25) is 0 Å². The van der Waals surface area contributed by atoms with Crippen molar-refractivity contribution in [2.75, 3.05) is 26.2 Å². The second kappa shape index (κ2) is 5.94. The van der Waals surface area contributed by atoms with Crippen LogP contribution in [0.15, 0.2) is 24.3 Å². The molecule has 1 aromatic rings. The van der Waals surface area contributed by atoms with Gasteiger partial charge in [-0.1, -0.05) is 24.3 Å². The Morgan fingerprint density at radius 3 is 2.85 bits per heavy atom. The Balaban J connectivity index is 1.54. The Bertz CT molecular complexity index is 484. The van der Waals surface area contributed by atoms with Crippen LogP contribution in [-0.2, 0) is 17.8 Å². The summed E-state index contributed by atoms with van der Waals surface area (Å²) in [5, 5.41) is 6.31. The van der Waals surface area contributed by atoms with Gasteiger partial charge in [-0.25, -0.2) is 0 Å². The first-order valence-electron chi connectivity index (χ1n) is 7.53. The molecule has 3 rings (SSSR count). The Kier molecular flexibility index (Phi) is 4.03. The molecule has 2 heterocycles. The fraction of sp³-hybridized carbons (Fsp3) is 0.562. The van der Waals surface area contributed by atoms with E-state index < -0.39 is 0 Å². The maximum Gasteiger partial charge on any atom is 0.237 e. The molecule has 1 unspecified atom stereocenters. The van der Waals surface area contributed by atoms with Crippen LogP contribution < -0.4 is 10.6 Å². The first kappa shape index (κ1) is 13.6. The summed E-state index contributed by atoms with van der Waals surface area (Å²) in [7, 11) is 0. The lowest BCUT2D eigenvalue weighted by Crippen LogP contribution is -2.52. The first-order valence-corrected chi connectivity index (χ1v) is 7.53. The summed E-state index contributed by atoms with van der Waals surface area (Å²) < 4.78 is 0. The Morgan fingerprint density at radius 2 is 2.15 bits per heavy atom. The number of carbonyl (C=O) groups is 1. The van der Waals surface area contributed by atoms with Crippen LogP contribution >= 0.6 is 0 Å². The molecular weight excluding hydrogens is 250 g/mol. The maximum absolute atomic E-state index is 12.2. The van der Waals surface area contributed by atoms with Gasteiger partial charge in [0.2, 0.25) is 5.91 Å². The molecule has 1 fully saturated rings. The first-order chi connectivity index (χ1) is 9.74. The van der Waals surface area contributed by atoms with Gasteiger partial charge in [0, 0.05) is 38.6 Å². The van der Waals surface area contributed by atoms with Crippen LogP contribution in [-0.4, -0.2) is 43.0 Å². The maximum atomic E-state index is 12.2. The number of benzene rings is 1. The third kappa shape index (κ3) is 2.86. The fourth-order valence-electron chi connectivity index (χ4n) is 2.90. The zero-order valence-corrected chi connectivity index (χ0v) is 12.1. The average molecular weight is 273 g/mol. The zero-order valence-electron chi connectivity index (χ0n) is 12.1. The minimum atomic E-state index is -0.0450. The predicted molar refractivity (Wildman–Crippen MR) is 79.4 cm³/mol. The van der Waals surface area contributed by atoms with E-state index in [1.807, 2.05) is 6.92 Å². The second-order valence-electron chi connectivity index (χ2n) is 5.93. The Morgan fingerprint density at radius 1 is 1.40 bits per heavy atom. The number of rotatable bonds is 4. The normalized spacial score (nSPS) is 20.9. The summed E-state index contributed by atoms with van der Waals surface area (Å²) in [5.41, 5.74) is 2.79. The van der Waals surface area contributed by atoms with Crippen molar-refractivity contribution in [2.24, 2.45) is 5.92 Å². The lowest BCUT2D eigenvalue weighted by molar-refractivity contribution is -0.126. The third-order valence-corrected chi connectivity index (χ3v) is 4.52. The molecule has 0 aromatic heterocycles. The molecule has 0 radical (unpaired) electrons. The molecule has 1 amide bonds. The largest absolute Gasteiger partial charge is 0.354 e. The van der Waals surface area contributed by atoms with E-state index in [1.165, 1.54) is 11.1 Å². The van der Waals surface area contributed by atoms with Gasteiger partial charge >= 0.3 is 0 Å². The van der Waals surface area contributed by atoms with Crippen molar-refractivity contribution in [3.63, 3.8) is 0 Å². The number of fused-ring (bicyclic) bond motifs is 1. The molecule has 4 nitrogen and oxygen atoms in total. The third-order valence-electron chi connectivity index (χ3n) is 4.52. The summed E-state index contributed by atoms with van der Waals surface area (Å²) in [6.07, 6.45) is 1.04. The molecule has 0 spiro atoms. The number of carbonyl (C=O) groups excluding carboxylic acids is 1. The van der Waals surface area contributed by atoms with Crippen molar-refractivity contribution in [3.8, 4) is 0 Å². The number of hydrogen-bond acceptors (Lipinski definition) is 3. The molecule has 1 atom stereocenters. The second-order valence-corrected chi connectivity index (χ2v) is 5.93. The van der Waals surface area contributed by atoms with Gasteiger partial charge in [-0.15, -0.1) is 0 Å². The van der Waals surface area contributed by atoms with Crippen LogP contribution in [0, 0.1) is 5.92 Å². The van der Waals surface area contributed by atoms with E-state index in [9.17, 15) is 4.79 Å².